The zero-order valence-corrected chi connectivity index (χ0v) is 16.5. The summed E-state index contributed by atoms with van der Waals surface area (Å²) >= 11 is 6.98. The molecule has 1 aromatic heterocycles. The van der Waals surface area contributed by atoms with Gasteiger partial charge in [0.2, 0.25) is 10.0 Å². The maximum absolute atomic E-state index is 12.2. The highest BCUT2D eigenvalue weighted by molar-refractivity contribution is 7.98. The summed E-state index contributed by atoms with van der Waals surface area (Å²) in [6.07, 6.45) is 1.66. The van der Waals surface area contributed by atoms with E-state index in [0.717, 1.165) is 17.3 Å². The van der Waals surface area contributed by atoms with Crippen molar-refractivity contribution in [3.05, 3.63) is 48.4 Å². The SMILES string of the molecule is CN(C)S(=O)(=O)c1cccc(NC(=S)NCCSCc2ccco2)c1. The number of benzene rings is 1. The van der Waals surface area contributed by atoms with Gasteiger partial charge in [0, 0.05) is 32.1 Å². The predicted octanol–water partition coefficient (Wildman–Crippen LogP) is 2.75. The second-order valence-corrected chi connectivity index (χ2v) is 8.99. The minimum absolute atomic E-state index is 0.222. The summed E-state index contributed by atoms with van der Waals surface area (Å²) in [5, 5.41) is 6.57. The van der Waals surface area contributed by atoms with Gasteiger partial charge in [-0.05, 0) is 42.5 Å². The second-order valence-electron chi connectivity index (χ2n) is 5.33. The number of thiocarbonyl (C=S) groups is 1. The fraction of sp³-hybridized carbons (Fsp3) is 0.312. The average Bonchev–Trinajstić information content (AvgIpc) is 3.08. The van der Waals surface area contributed by atoms with Crippen molar-refractivity contribution < 1.29 is 12.8 Å². The van der Waals surface area contributed by atoms with E-state index >= 15 is 0 Å². The molecule has 2 rings (SSSR count). The lowest BCUT2D eigenvalue weighted by Gasteiger charge is -2.14. The first kappa shape index (κ1) is 19.8. The van der Waals surface area contributed by atoms with Crippen LogP contribution < -0.4 is 10.6 Å². The number of furan rings is 1. The molecule has 0 unspecified atom stereocenters. The third kappa shape index (κ3) is 6.03. The summed E-state index contributed by atoms with van der Waals surface area (Å²) in [5.41, 5.74) is 0.628. The van der Waals surface area contributed by atoms with Crippen molar-refractivity contribution in [3.8, 4) is 0 Å². The summed E-state index contributed by atoms with van der Waals surface area (Å²) in [6.45, 7) is 0.701. The van der Waals surface area contributed by atoms with Crippen molar-refractivity contribution in [2.45, 2.75) is 10.6 Å². The van der Waals surface area contributed by atoms with Crippen molar-refractivity contribution in [2.24, 2.45) is 0 Å². The summed E-state index contributed by atoms with van der Waals surface area (Å²) in [4.78, 5) is 0.222. The third-order valence-corrected chi connectivity index (χ3v) is 6.27. The Morgan fingerprint density at radius 1 is 1.28 bits per heavy atom. The maximum atomic E-state index is 12.2. The van der Waals surface area contributed by atoms with Crippen LogP contribution in [0.4, 0.5) is 5.69 Å². The van der Waals surface area contributed by atoms with Gasteiger partial charge in [0.15, 0.2) is 5.11 Å². The number of hydrogen-bond acceptors (Lipinski definition) is 5. The van der Waals surface area contributed by atoms with Gasteiger partial charge in [-0.2, -0.15) is 11.8 Å². The summed E-state index contributed by atoms with van der Waals surface area (Å²) in [5.74, 6) is 2.64. The highest BCUT2D eigenvalue weighted by atomic mass is 32.2. The first-order valence-electron chi connectivity index (χ1n) is 7.57. The van der Waals surface area contributed by atoms with Crippen molar-refractivity contribution in [3.63, 3.8) is 0 Å². The number of thioether (sulfide) groups is 1. The molecule has 2 N–H and O–H groups in total. The van der Waals surface area contributed by atoms with Gasteiger partial charge in [0.1, 0.15) is 5.76 Å². The van der Waals surface area contributed by atoms with E-state index in [0.29, 0.717) is 17.3 Å². The largest absolute Gasteiger partial charge is 0.468 e. The molecule has 1 aromatic carbocycles. The minimum atomic E-state index is -3.46. The molecule has 136 valence electrons. The molecule has 0 bridgehead atoms. The molecule has 0 aliphatic heterocycles. The Balaban J connectivity index is 1.78. The number of anilines is 1. The van der Waals surface area contributed by atoms with Crippen LogP contribution in [-0.2, 0) is 15.8 Å². The zero-order chi connectivity index (χ0) is 18.3. The molecule has 25 heavy (non-hydrogen) atoms. The predicted molar refractivity (Wildman–Crippen MR) is 106 cm³/mol. The fourth-order valence-electron chi connectivity index (χ4n) is 1.92. The maximum Gasteiger partial charge on any atom is 0.242 e. The zero-order valence-electron chi connectivity index (χ0n) is 14.1. The molecule has 0 aliphatic rings. The van der Waals surface area contributed by atoms with E-state index in [1.807, 2.05) is 12.1 Å². The van der Waals surface area contributed by atoms with E-state index in [-0.39, 0.29) is 4.90 Å². The van der Waals surface area contributed by atoms with E-state index in [1.165, 1.54) is 18.4 Å². The van der Waals surface area contributed by atoms with Gasteiger partial charge >= 0.3 is 0 Å². The summed E-state index contributed by atoms with van der Waals surface area (Å²) < 4.78 is 30.7. The van der Waals surface area contributed by atoms with Crippen LogP contribution in [0.1, 0.15) is 5.76 Å². The van der Waals surface area contributed by atoms with Gasteiger partial charge < -0.3 is 15.1 Å². The lowest BCUT2D eigenvalue weighted by Crippen LogP contribution is -2.30. The third-order valence-electron chi connectivity index (χ3n) is 3.23. The molecule has 0 atom stereocenters. The Bertz CT molecular complexity index is 790. The molecule has 0 saturated heterocycles. The van der Waals surface area contributed by atoms with Gasteiger partial charge in [-0.25, -0.2) is 12.7 Å². The molecular weight excluding hydrogens is 378 g/mol. The monoisotopic (exact) mass is 399 g/mol. The molecule has 0 aliphatic carbocycles. The summed E-state index contributed by atoms with van der Waals surface area (Å²) in [6, 6.07) is 10.4. The topological polar surface area (TPSA) is 74.6 Å². The number of hydrogen-bond donors (Lipinski definition) is 2. The number of nitrogens with one attached hydrogen (secondary N) is 2. The quantitative estimate of drug-likeness (QED) is 0.522. The normalized spacial score (nSPS) is 11.5. The molecular formula is C16H21N3O3S3. The number of rotatable bonds is 8. The van der Waals surface area contributed by atoms with Crippen molar-refractivity contribution >= 4 is 44.8 Å². The molecule has 0 spiro atoms. The number of sulfonamides is 1. The van der Waals surface area contributed by atoms with Crippen LogP contribution in [0.3, 0.4) is 0 Å². The molecule has 9 heteroatoms. The fourth-order valence-corrected chi connectivity index (χ4v) is 3.85. The Morgan fingerprint density at radius 3 is 2.76 bits per heavy atom. The van der Waals surface area contributed by atoms with Gasteiger partial charge in [0.05, 0.1) is 16.9 Å². The van der Waals surface area contributed by atoms with E-state index < -0.39 is 10.0 Å². The average molecular weight is 400 g/mol. The lowest BCUT2D eigenvalue weighted by atomic mass is 10.3. The Kier molecular flexibility index (Phi) is 7.30. The molecule has 0 fully saturated rings. The van der Waals surface area contributed by atoms with Crippen LogP contribution in [0.2, 0.25) is 0 Å². The standard InChI is InChI=1S/C16H21N3O3S3/c1-19(2)25(20,21)15-7-3-5-13(11-15)18-16(23)17-8-10-24-12-14-6-4-9-22-14/h3-7,9,11H,8,10,12H2,1-2H3,(H2,17,18,23). The van der Waals surface area contributed by atoms with Gasteiger partial charge in [-0.15, -0.1) is 0 Å². The first-order valence-corrected chi connectivity index (χ1v) is 10.6. The van der Waals surface area contributed by atoms with Crippen LogP contribution in [0.5, 0.6) is 0 Å². The van der Waals surface area contributed by atoms with Crippen LogP contribution in [0.25, 0.3) is 0 Å². The van der Waals surface area contributed by atoms with Gasteiger partial charge in [-0.1, -0.05) is 6.07 Å². The van der Waals surface area contributed by atoms with Crippen molar-refractivity contribution in [1.29, 1.82) is 0 Å². The molecule has 2 aromatic rings. The Morgan fingerprint density at radius 2 is 2.08 bits per heavy atom. The van der Waals surface area contributed by atoms with Crippen molar-refractivity contribution in [1.82, 2.24) is 9.62 Å². The van der Waals surface area contributed by atoms with Crippen LogP contribution in [0, 0.1) is 0 Å². The Labute approximate surface area is 158 Å². The van der Waals surface area contributed by atoms with Crippen LogP contribution in [-0.4, -0.2) is 44.2 Å². The molecule has 6 nitrogen and oxygen atoms in total. The summed E-state index contributed by atoms with van der Waals surface area (Å²) in [7, 11) is -0.460. The lowest BCUT2D eigenvalue weighted by molar-refractivity contribution is 0.521. The van der Waals surface area contributed by atoms with E-state index in [4.69, 9.17) is 16.6 Å². The minimum Gasteiger partial charge on any atom is -0.468 e. The Hall–Kier alpha value is -1.55. The first-order chi connectivity index (χ1) is 11.9. The van der Waals surface area contributed by atoms with Gasteiger partial charge in [0.25, 0.3) is 0 Å². The van der Waals surface area contributed by atoms with E-state index in [9.17, 15) is 8.42 Å². The highest BCUT2D eigenvalue weighted by Crippen LogP contribution is 2.18. The van der Waals surface area contributed by atoms with Crippen LogP contribution >= 0.6 is 24.0 Å². The van der Waals surface area contributed by atoms with Crippen molar-refractivity contribution in [2.75, 3.05) is 31.7 Å². The number of nitrogens with zero attached hydrogens (tertiary/aromatic N) is 1. The molecule has 0 radical (unpaired) electrons. The smallest absolute Gasteiger partial charge is 0.242 e. The van der Waals surface area contributed by atoms with Gasteiger partial charge in [-0.3, -0.25) is 0 Å². The molecule has 1 heterocycles. The van der Waals surface area contributed by atoms with Crippen LogP contribution in [0.15, 0.2) is 52.0 Å². The molecule has 0 amide bonds. The van der Waals surface area contributed by atoms with E-state index in [2.05, 4.69) is 10.6 Å². The second kappa shape index (κ2) is 9.23. The van der Waals surface area contributed by atoms with E-state index in [1.54, 1.807) is 42.3 Å². The molecule has 0 saturated carbocycles. The highest BCUT2D eigenvalue weighted by Gasteiger charge is 2.17.